The number of hydrogen-bond acceptors (Lipinski definition) is 5. The SMILES string of the molecule is Cl.Cl.O=[N+]([O-])c1ccc(-n2ccnc2)cc1N1CCNCC1. The molecule has 1 aromatic heterocycles. The molecule has 0 atom stereocenters. The third-order valence-electron chi connectivity index (χ3n) is 3.42. The average Bonchev–Trinajstić information content (AvgIpc) is 3.02. The van der Waals surface area contributed by atoms with Crippen molar-refractivity contribution in [1.82, 2.24) is 14.9 Å². The van der Waals surface area contributed by atoms with Crippen LogP contribution in [-0.4, -0.2) is 40.7 Å². The van der Waals surface area contributed by atoms with Crippen LogP contribution >= 0.6 is 24.8 Å². The van der Waals surface area contributed by atoms with Crippen molar-refractivity contribution in [3.05, 3.63) is 47.0 Å². The number of nitrogens with one attached hydrogen (secondary N) is 1. The predicted molar refractivity (Wildman–Crippen MR) is 89.8 cm³/mol. The van der Waals surface area contributed by atoms with E-state index in [0.717, 1.165) is 31.9 Å². The summed E-state index contributed by atoms with van der Waals surface area (Å²) in [7, 11) is 0. The van der Waals surface area contributed by atoms with E-state index < -0.39 is 0 Å². The Morgan fingerprint density at radius 3 is 2.55 bits per heavy atom. The maximum atomic E-state index is 11.2. The summed E-state index contributed by atoms with van der Waals surface area (Å²) in [6.07, 6.45) is 5.19. The molecule has 3 rings (SSSR count). The molecule has 0 amide bonds. The number of imidazole rings is 1. The zero-order valence-corrected chi connectivity index (χ0v) is 13.3. The number of nitrogens with zero attached hydrogens (tertiary/aromatic N) is 4. The first-order valence-electron chi connectivity index (χ1n) is 6.48. The van der Waals surface area contributed by atoms with Crippen molar-refractivity contribution < 1.29 is 4.92 Å². The summed E-state index contributed by atoms with van der Waals surface area (Å²) in [6, 6.07) is 5.16. The molecule has 7 nitrogen and oxygen atoms in total. The second-order valence-corrected chi connectivity index (χ2v) is 4.64. The second-order valence-electron chi connectivity index (χ2n) is 4.64. The molecule has 1 aliphatic rings. The van der Waals surface area contributed by atoms with Gasteiger partial charge in [-0.1, -0.05) is 0 Å². The maximum absolute atomic E-state index is 11.2. The van der Waals surface area contributed by atoms with Gasteiger partial charge in [0.15, 0.2) is 0 Å². The van der Waals surface area contributed by atoms with Crippen LogP contribution in [0.1, 0.15) is 0 Å². The molecule has 1 saturated heterocycles. The predicted octanol–water partition coefficient (Wildman–Crippen LogP) is 2.03. The maximum Gasteiger partial charge on any atom is 0.292 e. The minimum Gasteiger partial charge on any atom is -0.363 e. The monoisotopic (exact) mass is 345 g/mol. The van der Waals surface area contributed by atoms with Crippen LogP contribution in [0.25, 0.3) is 5.69 Å². The molecule has 0 bridgehead atoms. The van der Waals surface area contributed by atoms with E-state index in [1.54, 1.807) is 24.7 Å². The topological polar surface area (TPSA) is 76.2 Å². The van der Waals surface area contributed by atoms with Crippen molar-refractivity contribution in [3.63, 3.8) is 0 Å². The highest BCUT2D eigenvalue weighted by Crippen LogP contribution is 2.30. The largest absolute Gasteiger partial charge is 0.363 e. The van der Waals surface area contributed by atoms with Gasteiger partial charge in [0.1, 0.15) is 5.69 Å². The van der Waals surface area contributed by atoms with Gasteiger partial charge in [0, 0.05) is 50.3 Å². The first kappa shape index (κ1) is 18.2. The lowest BCUT2D eigenvalue weighted by molar-refractivity contribution is -0.384. The van der Waals surface area contributed by atoms with Crippen molar-refractivity contribution >= 4 is 36.2 Å². The van der Waals surface area contributed by atoms with E-state index in [1.807, 2.05) is 16.8 Å². The van der Waals surface area contributed by atoms with Crippen LogP contribution in [0.4, 0.5) is 11.4 Å². The van der Waals surface area contributed by atoms with Crippen LogP contribution in [0.2, 0.25) is 0 Å². The average molecular weight is 346 g/mol. The van der Waals surface area contributed by atoms with Gasteiger partial charge in [-0.2, -0.15) is 0 Å². The van der Waals surface area contributed by atoms with Crippen LogP contribution in [0.3, 0.4) is 0 Å². The van der Waals surface area contributed by atoms with Gasteiger partial charge in [-0.3, -0.25) is 10.1 Å². The molecule has 1 aromatic carbocycles. The van der Waals surface area contributed by atoms with Gasteiger partial charge in [0.25, 0.3) is 5.69 Å². The van der Waals surface area contributed by atoms with E-state index in [-0.39, 0.29) is 35.4 Å². The number of anilines is 1. The molecule has 120 valence electrons. The lowest BCUT2D eigenvalue weighted by Crippen LogP contribution is -2.43. The first-order valence-corrected chi connectivity index (χ1v) is 6.48. The highest BCUT2D eigenvalue weighted by Gasteiger charge is 2.21. The van der Waals surface area contributed by atoms with E-state index >= 15 is 0 Å². The molecule has 0 spiro atoms. The normalized spacial score (nSPS) is 13.9. The van der Waals surface area contributed by atoms with Crippen LogP contribution in [0, 0.1) is 10.1 Å². The zero-order valence-electron chi connectivity index (χ0n) is 11.7. The number of aromatic nitrogens is 2. The fourth-order valence-electron chi connectivity index (χ4n) is 2.40. The molecule has 0 radical (unpaired) electrons. The molecular weight excluding hydrogens is 329 g/mol. The Hall–Kier alpha value is -1.83. The Bertz CT molecular complexity index is 615. The molecule has 22 heavy (non-hydrogen) atoms. The van der Waals surface area contributed by atoms with E-state index in [2.05, 4.69) is 15.2 Å². The van der Waals surface area contributed by atoms with Crippen molar-refractivity contribution in [2.24, 2.45) is 0 Å². The van der Waals surface area contributed by atoms with E-state index in [9.17, 15) is 10.1 Å². The lowest BCUT2D eigenvalue weighted by atomic mass is 10.2. The Balaban J connectivity index is 0.00000121. The number of benzene rings is 1. The van der Waals surface area contributed by atoms with Crippen molar-refractivity contribution in [2.45, 2.75) is 0 Å². The van der Waals surface area contributed by atoms with Gasteiger partial charge in [-0.05, 0) is 12.1 Å². The van der Waals surface area contributed by atoms with E-state index in [1.165, 1.54) is 0 Å². The number of piperazine rings is 1. The summed E-state index contributed by atoms with van der Waals surface area (Å²) in [6.45, 7) is 3.22. The third kappa shape index (κ3) is 3.68. The smallest absolute Gasteiger partial charge is 0.292 e. The Kier molecular flexibility index (Phi) is 6.61. The quantitative estimate of drug-likeness (QED) is 0.680. The van der Waals surface area contributed by atoms with E-state index in [4.69, 9.17) is 0 Å². The van der Waals surface area contributed by atoms with Gasteiger partial charge < -0.3 is 14.8 Å². The minimum absolute atomic E-state index is 0. The van der Waals surface area contributed by atoms with E-state index in [0.29, 0.717) is 5.69 Å². The zero-order chi connectivity index (χ0) is 13.9. The van der Waals surface area contributed by atoms with Crippen LogP contribution in [0.15, 0.2) is 36.9 Å². The number of halogens is 2. The van der Waals surface area contributed by atoms with Crippen LogP contribution in [-0.2, 0) is 0 Å². The molecule has 1 aliphatic heterocycles. The standard InChI is InChI=1S/C13H15N5O2.2ClH/c19-18(20)12-2-1-11(17-8-5-15-10-17)9-13(12)16-6-3-14-4-7-16;;/h1-2,5,8-10,14H,3-4,6-7H2;2*1H. The molecular formula is C13H17Cl2N5O2. The Morgan fingerprint density at radius 1 is 1.23 bits per heavy atom. The summed E-state index contributed by atoms with van der Waals surface area (Å²) in [5.74, 6) is 0. The van der Waals surface area contributed by atoms with Gasteiger partial charge in [-0.25, -0.2) is 4.98 Å². The molecule has 0 saturated carbocycles. The summed E-state index contributed by atoms with van der Waals surface area (Å²) in [4.78, 5) is 16.9. The van der Waals surface area contributed by atoms with Crippen molar-refractivity contribution in [2.75, 3.05) is 31.1 Å². The molecule has 1 fully saturated rings. The summed E-state index contributed by atoms with van der Waals surface area (Å²) >= 11 is 0. The number of hydrogen-bond donors (Lipinski definition) is 1. The van der Waals surface area contributed by atoms with Crippen molar-refractivity contribution in [1.29, 1.82) is 0 Å². The fraction of sp³-hybridized carbons (Fsp3) is 0.308. The number of nitro benzene ring substituents is 1. The van der Waals surface area contributed by atoms with Crippen LogP contribution in [0.5, 0.6) is 0 Å². The Morgan fingerprint density at radius 2 is 1.95 bits per heavy atom. The van der Waals surface area contributed by atoms with Gasteiger partial charge in [0.2, 0.25) is 0 Å². The summed E-state index contributed by atoms with van der Waals surface area (Å²) in [5.41, 5.74) is 1.69. The highest BCUT2D eigenvalue weighted by molar-refractivity contribution is 5.85. The number of rotatable bonds is 3. The van der Waals surface area contributed by atoms with Gasteiger partial charge in [0.05, 0.1) is 11.3 Å². The molecule has 0 unspecified atom stereocenters. The third-order valence-corrected chi connectivity index (χ3v) is 3.42. The molecule has 9 heteroatoms. The lowest BCUT2D eigenvalue weighted by Gasteiger charge is -2.29. The minimum atomic E-state index is -0.324. The van der Waals surface area contributed by atoms with Crippen LogP contribution < -0.4 is 10.2 Å². The fourth-order valence-corrected chi connectivity index (χ4v) is 2.40. The highest BCUT2D eigenvalue weighted by atomic mass is 35.5. The van der Waals surface area contributed by atoms with Gasteiger partial charge >= 0.3 is 0 Å². The molecule has 1 N–H and O–H groups in total. The first-order chi connectivity index (χ1) is 9.75. The van der Waals surface area contributed by atoms with Gasteiger partial charge in [-0.15, -0.1) is 24.8 Å². The number of nitro groups is 1. The summed E-state index contributed by atoms with van der Waals surface area (Å²) < 4.78 is 1.84. The second kappa shape index (κ2) is 7.98. The molecule has 2 heterocycles. The molecule has 2 aromatic rings. The van der Waals surface area contributed by atoms with Crippen molar-refractivity contribution in [3.8, 4) is 5.69 Å². The molecule has 0 aliphatic carbocycles. The Labute approximate surface area is 140 Å². The summed E-state index contributed by atoms with van der Waals surface area (Å²) in [5, 5.41) is 14.5.